The van der Waals surface area contributed by atoms with E-state index < -0.39 is 18.2 Å². The Morgan fingerprint density at radius 3 is 1.88 bits per heavy atom. The summed E-state index contributed by atoms with van der Waals surface area (Å²) in [6, 6.07) is 26.6. The predicted molar refractivity (Wildman–Crippen MR) is 125 cm³/mol. The first kappa shape index (κ1) is 22.3. The second-order valence-corrected chi connectivity index (χ2v) is 7.60. The second-order valence-electron chi connectivity index (χ2n) is 7.60. The molecule has 0 aliphatic heterocycles. The van der Waals surface area contributed by atoms with Gasteiger partial charge in [0.05, 0.1) is 0 Å². The average molecular weight is 444 g/mol. The number of aromatic carboxylic acids is 1. The summed E-state index contributed by atoms with van der Waals surface area (Å²) in [5.41, 5.74) is 1.46. The molecule has 6 heteroatoms. The van der Waals surface area contributed by atoms with Crippen LogP contribution in [0, 0.1) is 0 Å². The molecule has 0 fully saturated rings. The first-order valence-corrected chi connectivity index (χ1v) is 10.5. The Kier molecular flexibility index (Phi) is 6.88. The Labute approximate surface area is 191 Å². The fraction of sp³-hybridized carbons (Fsp3) is 0.148. The first-order valence-electron chi connectivity index (χ1n) is 10.5. The van der Waals surface area contributed by atoms with Gasteiger partial charge in [0, 0.05) is 5.39 Å². The van der Waals surface area contributed by atoms with Crippen LogP contribution < -0.4 is 9.47 Å². The number of rotatable bonds is 9. The molecule has 6 nitrogen and oxygen atoms in total. The summed E-state index contributed by atoms with van der Waals surface area (Å²) < 4.78 is 11.4. The molecule has 2 atom stereocenters. The van der Waals surface area contributed by atoms with Gasteiger partial charge in [-0.05, 0) is 40.8 Å². The number of hydrogen-bond acceptors (Lipinski definition) is 5. The van der Waals surface area contributed by atoms with E-state index in [4.69, 9.17) is 9.47 Å². The van der Waals surface area contributed by atoms with Crippen LogP contribution in [0.1, 0.15) is 33.7 Å². The van der Waals surface area contributed by atoms with E-state index in [1.165, 1.54) is 0 Å². The van der Waals surface area contributed by atoms with E-state index in [9.17, 15) is 20.1 Å². The molecule has 3 N–H and O–H groups in total. The van der Waals surface area contributed by atoms with Crippen LogP contribution in [0.5, 0.6) is 11.5 Å². The van der Waals surface area contributed by atoms with Crippen molar-refractivity contribution < 1.29 is 29.6 Å². The molecule has 0 bridgehead atoms. The van der Waals surface area contributed by atoms with E-state index in [1.54, 1.807) is 42.5 Å². The number of aliphatic hydroxyl groups is 2. The molecule has 0 saturated heterocycles. The minimum Gasteiger partial charge on any atom is -0.491 e. The summed E-state index contributed by atoms with van der Waals surface area (Å²) in [6.07, 6.45) is -1.65. The van der Waals surface area contributed by atoms with Crippen LogP contribution in [0.4, 0.5) is 0 Å². The van der Waals surface area contributed by atoms with E-state index in [1.807, 2.05) is 48.5 Å². The van der Waals surface area contributed by atoms with Crippen LogP contribution in [0.25, 0.3) is 10.8 Å². The highest BCUT2D eigenvalue weighted by Gasteiger charge is 2.18. The lowest BCUT2D eigenvalue weighted by atomic mass is 10.0. The fourth-order valence-electron chi connectivity index (χ4n) is 3.61. The average Bonchev–Trinajstić information content (AvgIpc) is 2.86. The van der Waals surface area contributed by atoms with Crippen molar-refractivity contribution in [2.75, 3.05) is 13.2 Å². The van der Waals surface area contributed by atoms with Gasteiger partial charge in [0.25, 0.3) is 0 Å². The van der Waals surface area contributed by atoms with Crippen molar-refractivity contribution in [2.24, 2.45) is 0 Å². The van der Waals surface area contributed by atoms with Gasteiger partial charge in [-0.1, -0.05) is 66.7 Å². The summed E-state index contributed by atoms with van der Waals surface area (Å²) >= 11 is 0. The third kappa shape index (κ3) is 5.31. The summed E-state index contributed by atoms with van der Waals surface area (Å²) in [7, 11) is 0. The summed E-state index contributed by atoms with van der Waals surface area (Å²) in [5.74, 6) is -0.432. The lowest BCUT2D eigenvalue weighted by molar-refractivity contribution is 0.0685. The molecular weight excluding hydrogens is 420 g/mol. The molecule has 0 heterocycles. The number of hydrogen-bond donors (Lipinski definition) is 3. The molecule has 0 aliphatic carbocycles. The van der Waals surface area contributed by atoms with Gasteiger partial charge >= 0.3 is 5.97 Å². The monoisotopic (exact) mass is 444 g/mol. The molecule has 0 aromatic heterocycles. The van der Waals surface area contributed by atoms with Gasteiger partial charge in [-0.25, -0.2) is 4.79 Å². The number of carboxylic acid groups (broad SMARTS) is 1. The molecule has 2 unspecified atom stereocenters. The molecule has 4 aromatic carbocycles. The molecule has 0 radical (unpaired) electrons. The van der Waals surface area contributed by atoms with Crippen molar-refractivity contribution in [3.63, 3.8) is 0 Å². The zero-order chi connectivity index (χ0) is 23.2. The minimum absolute atomic E-state index is 0.0173. The number of aliphatic hydroxyl groups excluding tert-OH is 2. The highest BCUT2D eigenvalue weighted by Crippen LogP contribution is 2.32. The maximum Gasteiger partial charge on any atom is 0.340 e. The number of ether oxygens (including phenoxy) is 2. The lowest BCUT2D eigenvalue weighted by Crippen LogP contribution is -2.12. The van der Waals surface area contributed by atoms with Gasteiger partial charge in [-0.3, -0.25) is 0 Å². The Morgan fingerprint density at radius 1 is 0.727 bits per heavy atom. The highest BCUT2D eigenvalue weighted by atomic mass is 16.5. The van der Waals surface area contributed by atoms with Crippen molar-refractivity contribution in [3.8, 4) is 11.5 Å². The van der Waals surface area contributed by atoms with Crippen LogP contribution in [0.2, 0.25) is 0 Å². The van der Waals surface area contributed by atoms with Crippen LogP contribution >= 0.6 is 0 Å². The quantitative estimate of drug-likeness (QED) is 0.344. The van der Waals surface area contributed by atoms with Gasteiger partial charge in [0.2, 0.25) is 0 Å². The zero-order valence-electron chi connectivity index (χ0n) is 17.8. The van der Waals surface area contributed by atoms with Crippen LogP contribution in [-0.2, 0) is 0 Å². The molecule has 0 spiro atoms. The van der Waals surface area contributed by atoms with E-state index in [-0.39, 0.29) is 24.5 Å². The SMILES string of the molecule is O=C(O)c1c(OCC(O)c2ccccc2)ccc2cc(OCC(O)c3ccccc3)ccc12. The fourth-order valence-corrected chi connectivity index (χ4v) is 3.61. The summed E-state index contributed by atoms with van der Waals surface area (Å²) in [5, 5.41) is 31.6. The molecule has 33 heavy (non-hydrogen) atoms. The lowest BCUT2D eigenvalue weighted by Gasteiger charge is -2.16. The van der Waals surface area contributed by atoms with E-state index >= 15 is 0 Å². The van der Waals surface area contributed by atoms with Gasteiger partial charge < -0.3 is 24.8 Å². The number of carboxylic acids is 1. The number of benzene rings is 4. The molecule has 4 rings (SSSR count). The van der Waals surface area contributed by atoms with Crippen molar-refractivity contribution in [1.82, 2.24) is 0 Å². The Balaban J connectivity index is 1.51. The Hall–Kier alpha value is -3.87. The van der Waals surface area contributed by atoms with Crippen molar-refractivity contribution >= 4 is 16.7 Å². The Bertz CT molecular complexity index is 1220. The largest absolute Gasteiger partial charge is 0.491 e. The normalized spacial score (nSPS) is 12.8. The third-order valence-corrected chi connectivity index (χ3v) is 5.34. The summed E-state index contributed by atoms with van der Waals surface area (Å²) in [6.45, 7) is -0.00571. The standard InChI is InChI=1S/C27H24O6/c28-23(18-7-3-1-4-8-18)16-32-21-12-13-22-20(15-21)11-14-25(26(22)27(30)31)33-17-24(29)19-9-5-2-6-10-19/h1-15,23-24,28-29H,16-17H2,(H,30,31). The maximum atomic E-state index is 12.0. The van der Waals surface area contributed by atoms with Crippen LogP contribution in [-0.4, -0.2) is 34.5 Å². The Morgan fingerprint density at radius 2 is 1.30 bits per heavy atom. The predicted octanol–water partition coefficient (Wildman–Crippen LogP) is 4.76. The minimum atomic E-state index is -1.13. The van der Waals surface area contributed by atoms with Crippen LogP contribution in [0.3, 0.4) is 0 Å². The smallest absolute Gasteiger partial charge is 0.340 e. The molecular formula is C27H24O6. The van der Waals surface area contributed by atoms with E-state index in [2.05, 4.69) is 0 Å². The topological polar surface area (TPSA) is 96.2 Å². The van der Waals surface area contributed by atoms with Crippen molar-refractivity contribution in [1.29, 1.82) is 0 Å². The second kappa shape index (κ2) is 10.2. The first-order chi connectivity index (χ1) is 16.0. The number of carbonyl (C=O) groups is 1. The number of fused-ring (bicyclic) bond motifs is 1. The zero-order valence-corrected chi connectivity index (χ0v) is 17.8. The maximum absolute atomic E-state index is 12.0. The molecule has 4 aromatic rings. The molecule has 0 saturated carbocycles. The van der Waals surface area contributed by atoms with E-state index in [0.717, 1.165) is 5.56 Å². The highest BCUT2D eigenvalue weighted by molar-refractivity contribution is 6.06. The van der Waals surface area contributed by atoms with E-state index in [0.29, 0.717) is 22.1 Å². The molecule has 0 aliphatic rings. The molecule has 168 valence electrons. The van der Waals surface area contributed by atoms with Crippen molar-refractivity contribution in [2.45, 2.75) is 12.2 Å². The van der Waals surface area contributed by atoms with Gasteiger partial charge in [0.1, 0.15) is 42.5 Å². The molecule has 0 amide bonds. The van der Waals surface area contributed by atoms with Gasteiger partial charge in [0.15, 0.2) is 0 Å². The summed E-state index contributed by atoms with van der Waals surface area (Å²) in [4.78, 5) is 12.0. The van der Waals surface area contributed by atoms with Gasteiger partial charge in [-0.15, -0.1) is 0 Å². The van der Waals surface area contributed by atoms with Crippen LogP contribution in [0.15, 0.2) is 91.0 Å². The third-order valence-electron chi connectivity index (χ3n) is 5.34. The van der Waals surface area contributed by atoms with Gasteiger partial charge in [-0.2, -0.15) is 0 Å². The van der Waals surface area contributed by atoms with Crippen molar-refractivity contribution in [3.05, 3.63) is 108 Å².